The van der Waals surface area contributed by atoms with Crippen LogP contribution in [0.2, 0.25) is 0 Å². The number of carbonyl (C=O) groups excluding carboxylic acids is 2. The van der Waals surface area contributed by atoms with Gasteiger partial charge in [-0.15, -0.1) is 0 Å². The van der Waals surface area contributed by atoms with Crippen LogP contribution in [0.3, 0.4) is 0 Å². The van der Waals surface area contributed by atoms with Gasteiger partial charge in [0.1, 0.15) is 17.6 Å². The number of nitrogens with one attached hydrogen (secondary N) is 1. The molecule has 0 radical (unpaired) electrons. The molecule has 4 aromatic rings. The van der Waals surface area contributed by atoms with Crippen molar-refractivity contribution in [1.29, 1.82) is 0 Å². The monoisotopic (exact) mass is 589 g/mol. The van der Waals surface area contributed by atoms with Crippen molar-refractivity contribution in [3.8, 4) is 5.75 Å². The summed E-state index contributed by atoms with van der Waals surface area (Å²) in [5.74, 6) is 0.341. The number of ether oxygens (including phenoxy) is 1. The Morgan fingerprint density at radius 1 is 0.833 bits per heavy atom. The third-order valence-corrected chi connectivity index (χ3v) is 7.98. The van der Waals surface area contributed by atoms with E-state index in [0.717, 1.165) is 27.3 Å². The van der Waals surface area contributed by atoms with Gasteiger partial charge in [-0.25, -0.2) is 8.42 Å². The second-order valence-corrected chi connectivity index (χ2v) is 11.9. The molecule has 4 rings (SSSR count). The summed E-state index contributed by atoms with van der Waals surface area (Å²) in [6.45, 7) is -0.181. The third kappa shape index (κ3) is 8.79. The number of carbonyl (C=O) groups is 2. The molecule has 0 aliphatic rings. The number of rotatable bonds is 14. The normalized spacial score (nSPS) is 12.1. The van der Waals surface area contributed by atoms with Gasteiger partial charge < -0.3 is 19.4 Å². The van der Waals surface area contributed by atoms with Gasteiger partial charge in [-0.1, -0.05) is 72.8 Å². The van der Waals surface area contributed by atoms with Crippen molar-refractivity contribution in [2.75, 3.05) is 19.9 Å². The largest absolute Gasteiger partial charge is 0.497 e. The van der Waals surface area contributed by atoms with Gasteiger partial charge in [0, 0.05) is 19.5 Å². The number of benzene rings is 3. The Kier molecular flexibility index (Phi) is 10.5. The topological polar surface area (TPSA) is 109 Å². The first-order valence-corrected chi connectivity index (χ1v) is 15.3. The van der Waals surface area contributed by atoms with Crippen LogP contribution in [0.15, 0.2) is 108 Å². The SMILES string of the molecule is COc1ccc(CN(C(=O)CN(Cc2ccccc2)S(C)(=O)=O)[C@@H](Cc2ccccc2)C(=O)NCc2ccco2)cc1. The van der Waals surface area contributed by atoms with Gasteiger partial charge in [0.2, 0.25) is 21.8 Å². The zero-order valence-corrected chi connectivity index (χ0v) is 24.5. The molecule has 0 unspecified atom stereocenters. The summed E-state index contributed by atoms with van der Waals surface area (Å²) in [6.07, 6.45) is 2.83. The Hall–Kier alpha value is -4.41. The van der Waals surface area contributed by atoms with Crippen LogP contribution in [-0.4, -0.2) is 55.4 Å². The minimum absolute atomic E-state index is 0.0236. The standard InChI is InChI=1S/C32H35N3O6S/c1-40-28-17-15-27(16-18-28)23-35(31(36)24-34(42(2,38)39)22-26-12-7-4-8-13-26)30(20-25-10-5-3-6-11-25)32(37)33-21-29-14-9-19-41-29/h3-19,30H,20-24H2,1-2H3,(H,33,37)/t30-/m0/s1. The van der Waals surface area contributed by atoms with Gasteiger partial charge in [-0.3, -0.25) is 9.59 Å². The maximum atomic E-state index is 14.1. The number of nitrogens with zero attached hydrogens (tertiary/aromatic N) is 2. The van der Waals surface area contributed by atoms with Crippen molar-refractivity contribution in [2.24, 2.45) is 0 Å². The molecule has 2 amide bonds. The Balaban J connectivity index is 1.67. The number of amides is 2. The minimum atomic E-state index is -3.76. The molecule has 0 aliphatic carbocycles. The van der Waals surface area contributed by atoms with E-state index in [2.05, 4.69) is 5.32 Å². The first kappa shape index (κ1) is 30.5. The zero-order chi connectivity index (χ0) is 30.0. The molecule has 220 valence electrons. The van der Waals surface area contributed by atoms with Crippen molar-refractivity contribution < 1.29 is 27.2 Å². The average molecular weight is 590 g/mol. The third-order valence-electron chi connectivity index (χ3n) is 6.78. The second-order valence-electron chi connectivity index (χ2n) is 9.89. The van der Waals surface area contributed by atoms with Crippen molar-refractivity contribution in [1.82, 2.24) is 14.5 Å². The van der Waals surface area contributed by atoms with Crippen LogP contribution in [0.4, 0.5) is 0 Å². The van der Waals surface area contributed by atoms with Crippen molar-refractivity contribution in [2.45, 2.75) is 32.1 Å². The van der Waals surface area contributed by atoms with E-state index in [9.17, 15) is 18.0 Å². The fraction of sp³-hybridized carbons (Fsp3) is 0.250. The Labute approximate surface area is 246 Å². The molecule has 1 heterocycles. The smallest absolute Gasteiger partial charge is 0.243 e. The molecule has 0 fully saturated rings. The summed E-state index contributed by atoms with van der Waals surface area (Å²) in [6, 6.07) is 28.2. The van der Waals surface area contributed by atoms with Crippen LogP contribution >= 0.6 is 0 Å². The van der Waals surface area contributed by atoms with Crippen LogP contribution in [0, 0.1) is 0 Å². The summed E-state index contributed by atoms with van der Waals surface area (Å²) >= 11 is 0. The lowest BCUT2D eigenvalue weighted by atomic mass is 10.0. The maximum absolute atomic E-state index is 14.1. The highest BCUT2D eigenvalue weighted by Crippen LogP contribution is 2.19. The summed E-state index contributed by atoms with van der Waals surface area (Å²) in [5.41, 5.74) is 2.36. The number of methoxy groups -OCH3 is 1. The first-order valence-electron chi connectivity index (χ1n) is 13.5. The van der Waals surface area contributed by atoms with E-state index in [1.54, 1.807) is 43.5 Å². The van der Waals surface area contributed by atoms with Crippen LogP contribution in [0.5, 0.6) is 5.75 Å². The predicted molar refractivity (Wildman–Crippen MR) is 160 cm³/mol. The molecule has 9 nitrogen and oxygen atoms in total. The van der Waals surface area contributed by atoms with E-state index in [-0.39, 0.29) is 32.0 Å². The molecule has 1 aromatic heterocycles. The highest BCUT2D eigenvalue weighted by Gasteiger charge is 2.33. The van der Waals surface area contributed by atoms with Crippen molar-refractivity contribution in [3.05, 3.63) is 126 Å². The number of hydrogen-bond acceptors (Lipinski definition) is 6. The fourth-order valence-electron chi connectivity index (χ4n) is 4.51. The molecule has 10 heteroatoms. The lowest BCUT2D eigenvalue weighted by molar-refractivity contribution is -0.141. The predicted octanol–water partition coefficient (Wildman–Crippen LogP) is 4.01. The van der Waals surface area contributed by atoms with Crippen molar-refractivity contribution >= 4 is 21.8 Å². The van der Waals surface area contributed by atoms with Gasteiger partial charge in [0.25, 0.3) is 0 Å². The fourth-order valence-corrected chi connectivity index (χ4v) is 5.23. The molecule has 0 bridgehead atoms. The van der Waals surface area contributed by atoms with Crippen LogP contribution in [-0.2, 0) is 45.7 Å². The second kappa shape index (κ2) is 14.5. The van der Waals surface area contributed by atoms with E-state index in [0.29, 0.717) is 11.5 Å². The lowest BCUT2D eigenvalue weighted by Gasteiger charge is -2.33. The maximum Gasteiger partial charge on any atom is 0.243 e. The Morgan fingerprint density at radius 2 is 1.45 bits per heavy atom. The van der Waals surface area contributed by atoms with Crippen LogP contribution in [0.1, 0.15) is 22.5 Å². The number of hydrogen-bond donors (Lipinski definition) is 1. The van der Waals surface area contributed by atoms with E-state index < -0.39 is 28.5 Å². The molecule has 0 saturated heterocycles. The van der Waals surface area contributed by atoms with Gasteiger partial charge >= 0.3 is 0 Å². The highest BCUT2D eigenvalue weighted by molar-refractivity contribution is 7.88. The Bertz CT molecular complexity index is 1530. The lowest BCUT2D eigenvalue weighted by Crippen LogP contribution is -2.53. The van der Waals surface area contributed by atoms with Gasteiger partial charge in [0.05, 0.1) is 32.7 Å². The van der Waals surface area contributed by atoms with Gasteiger partial charge in [-0.2, -0.15) is 4.31 Å². The zero-order valence-electron chi connectivity index (χ0n) is 23.7. The van der Waals surface area contributed by atoms with E-state index in [1.807, 2.05) is 60.7 Å². The molecule has 0 aliphatic heterocycles. The molecule has 0 spiro atoms. The number of sulfonamides is 1. The quantitative estimate of drug-likeness (QED) is 0.238. The molecule has 3 aromatic carbocycles. The van der Waals surface area contributed by atoms with Crippen LogP contribution < -0.4 is 10.1 Å². The Morgan fingerprint density at radius 3 is 2.02 bits per heavy atom. The van der Waals surface area contributed by atoms with E-state index >= 15 is 0 Å². The van der Waals surface area contributed by atoms with Crippen molar-refractivity contribution in [3.63, 3.8) is 0 Å². The van der Waals surface area contributed by atoms with Gasteiger partial charge in [-0.05, 0) is 41.0 Å². The molecule has 1 atom stereocenters. The number of furan rings is 1. The summed E-state index contributed by atoms with van der Waals surface area (Å²) in [5, 5.41) is 2.89. The van der Waals surface area contributed by atoms with Crippen LogP contribution in [0.25, 0.3) is 0 Å². The molecular formula is C32H35N3O6S. The van der Waals surface area contributed by atoms with Gasteiger partial charge in [0.15, 0.2) is 0 Å². The highest BCUT2D eigenvalue weighted by atomic mass is 32.2. The summed E-state index contributed by atoms with van der Waals surface area (Å²) in [4.78, 5) is 29.3. The van der Waals surface area contributed by atoms with E-state index in [1.165, 1.54) is 11.2 Å². The first-order chi connectivity index (χ1) is 20.2. The molecule has 42 heavy (non-hydrogen) atoms. The minimum Gasteiger partial charge on any atom is -0.497 e. The molecule has 0 saturated carbocycles. The summed E-state index contributed by atoms with van der Waals surface area (Å²) < 4.78 is 37.4. The summed E-state index contributed by atoms with van der Waals surface area (Å²) in [7, 11) is -2.20. The molecule has 1 N–H and O–H groups in total. The average Bonchev–Trinajstić information content (AvgIpc) is 3.52. The van der Waals surface area contributed by atoms with E-state index in [4.69, 9.17) is 9.15 Å². The molecular weight excluding hydrogens is 554 g/mol.